The van der Waals surface area contributed by atoms with Gasteiger partial charge in [0.2, 0.25) is 10.0 Å². The molecule has 94 valence electrons. The Morgan fingerprint density at radius 3 is 2.65 bits per heavy atom. The quantitative estimate of drug-likeness (QED) is 0.797. The Morgan fingerprint density at radius 1 is 1.29 bits per heavy atom. The summed E-state index contributed by atoms with van der Waals surface area (Å²) in [6, 6.07) is 7.27. The van der Waals surface area contributed by atoms with E-state index >= 15 is 0 Å². The van der Waals surface area contributed by atoms with Crippen molar-refractivity contribution in [1.29, 1.82) is 0 Å². The van der Waals surface area contributed by atoms with E-state index in [1.165, 1.54) is 0 Å². The highest BCUT2D eigenvalue weighted by Crippen LogP contribution is 2.29. The first-order valence-corrected chi connectivity index (χ1v) is 7.40. The highest BCUT2D eigenvalue weighted by molar-refractivity contribution is 7.89. The lowest BCUT2D eigenvalue weighted by Crippen LogP contribution is -2.26. The van der Waals surface area contributed by atoms with Crippen LogP contribution >= 0.6 is 0 Å². The average molecular weight is 255 g/mol. The van der Waals surface area contributed by atoms with Crippen molar-refractivity contribution in [3.05, 3.63) is 35.4 Å². The van der Waals surface area contributed by atoms with Gasteiger partial charge in [-0.15, -0.1) is 0 Å². The van der Waals surface area contributed by atoms with Crippen LogP contribution in [0.5, 0.6) is 0 Å². The van der Waals surface area contributed by atoms with Crippen LogP contribution in [-0.2, 0) is 23.2 Å². The maximum absolute atomic E-state index is 11.6. The number of aliphatic hydroxyl groups is 1. The number of hydrogen-bond acceptors (Lipinski definition) is 3. The number of nitrogens with one attached hydrogen (secondary N) is 1. The zero-order valence-electron chi connectivity index (χ0n) is 9.59. The van der Waals surface area contributed by atoms with E-state index in [0.717, 1.165) is 24.0 Å². The van der Waals surface area contributed by atoms with Gasteiger partial charge in [0.15, 0.2) is 0 Å². The van der Waals surface area contributed by atoms with E-state index in [1.54, 1.807) is 6.07 Å². The van der Waals surface area contributed by atoms with Gasteiger partial charge in [-0.2, -0.15) is 0 Å². The first-order valence-electron chi connectivity index (χ1n) is 5.75. The van der Waals surface area contributed by atoms with Gasteiger partial charge in [-0.3, -0.25) is 0 Å². The fourth-order valence-corrected chi connectivity index (χ4v) is 3.14. The number of hydrogen-bond donors (Lipinski definition) is 2. The molecule has 0 atom stereocenters. The van der Waals surface area contributed by atoms with Crippen molar-refractivity contribution in [1.82, 2.24) is 4.72 Å². The summed E-state index contributed by atoms with van der Waals surface area (Å²) in [6.07, 6.45) is 2.06. The lowest BCUT2D eigenvalue weighted by Gasteiger charge is -2.07. The molecule has 0 aromatic heterocycles. The van der Waals surface area contributed by atoms with Crippen LogP contribution in [0.4, 0.5) is 0 Å². The molecule has 1 fully saturated rings. The van der Waals surface area contributed by atoms with Gasteiger partial charge in [0.1, 0.15) is 0 Å². The summed E-state index contributed by atoms with van der Waals surface area (Å²) in [5, 5.41) is 8.98. The van der Waals surface area contributed by atoms with Crippen LogP contribution in [0.25, 0.3) is 0 Å². The van der Waals surface area contributed by atoms with Gasteiger partial charge in [-0.1, -0.05) is 24.3 Å². The standard InChI is InChI=1S/C12H17NO3S/c14-8-12-3-1-2-11(6-12)7-13-17(15,16)9-10-4-5-10/h1-3,6,10,13-14H,4-5,7-9H2. The molecular weight excluding hydrogens is 238 g/mol. The normalized spacial score (nSPS) is 16.1. The van der Waals surface area contributed by atoms with Crippen molar-refractivity contribution in [3.8, 4) is 0 Å². The third-order valence-corrected chi connectivity index (χ3v) is 4.32. The van der Waals surface area contributed by atoms with Crippen LogP contribution in [0.3, 0.4) is 0 Å². The molecule has 1 aromatic rings. The van der Waals surface area contributed by atoms with Crippen molar-refractivity contribution >= 4 is 10.0 Å². The molecule has 1 saturated carbocycles. The van der Waals surface area contributed by atoms with Crippen LogP contribution in [0.2, 0.25) is 0 Å². The lowest BCUT2D eigenvalue weighted by atomic mass is 10.1. The molecule has 1 aliphatic rings. The molecule has 1 aliphatic carbocycles. The lowest BCUT2D eigenvalue weighted by molar-refractivity contribution is 0.281. The zero-order valence-corrected chi connectivity index (χ0v) is 10.4. The first-order chi connectivity index (χ1) is 8.09. The Balaban J connectivity index is 1.91. The Kier molecular flexibility index (Phi) is 3.81. The summed E-state index contributed by atoms with van der Waals surface area (Å²) >= 11 is 0. The van der Waals surface area contributed by atoms with Gasteiger partial charge < -0.3 is 5.11 Å². The number of rotatable bonds is 6. The van der Waals surface area contributed by atoms with Crippen molar-refractivity contribution in [3.63, 3.8) is 0 Å². The molecule has 2 rings (SSSR count). The Bertz CT molecular complexity index is 480. The smallest absolute Gasteiger partial charge is 0.212 e. The minimum atomic E-state index is -3.15. The van der Waals surface area contributed by atoms with E-state index in [9.17, 15) is 8.42 Å². The van der Waals surface area contributed by atoms with Crippen LogP contribution in [0, 0.1) is 5.92 Å². The largest absolute Gasteiger partial charge is 0.392 e. The summed E-state index contributed by atoms with van der Waals surface area (Å²) < 4.78 is 25.9. The Labute approximate surface area is 102 Å². The van der Waals surface area contributed by atoms with Crippen molar-refractivity contribution < 1.29 is 13.5 Å². The molecule has 1 aromatic carbocycles. The average Bonchev–Trinajstić information content (AvgIpc) is 3.10. The molecule has 0 amide bonds. The topological polar surface area (TPSA) is 66.4 Å². The van der Waals surface area contributed by atoms with Gasteiger partial charge >= 0.3 is 0 Å². The maximum atomic E-state index is 11.6. The molecule has 0 unspecified atom stereocenters. The van der Waals surface area contributed by atoms with Crippen molar-refractivity contribution in [2.24, 2.45) is 5.92 Å². The Hall–Kier alpha value is -0.910. The zero-order chi connectivity index (χ0) is 12.3. The van der Waals surface area contributed by atoms with Gasteiger partial charge in [-0.05, 0) is 29.9 Å². The van der Waals surface area contributed by atoms with Crippen molar-refractivity contribution in [2.45, 2.75) is 26.0 Å². The van der Waals surface area contributed by atoms with Gasteiger partial charge in [-0.25, -0.2) is 13.1 Å². The molecule has 0 spiro atoms. The molecule has 0 saturated heterocycles. The van der Waals surface area contributed by atoms with Gasteiger partial charge in [0.05, 0.1) is 12.4 Å². The minimum absolute atomic E-state index is 0.0251. The molecule has 0 heterocycles. The molecular formula is C12H17NO3S. The highest BCUT2D eigenvalue weighted by Gasteiger charge is 2.27. The predicted molar refractivity (Wildman–Crippen MR) is 65.7 cm³/mol. The molecule has 0 bridgehead atoms. The van der Waals surface area contributed by atoms with E-state index in [1.807, 2.05) is 18.2 Å². The summed E-state index contributed by atoms with van der Waals surface area (Å²) in [5.74, 6) is 0.600. The van der Waals surface area contributed by atoms with Crippen molar-refractivity contribution in [2.75, 3.05) is 5.75 Å². The van der Waals surface area contributed by atoms with E-state index in [-0.39, 0.29) is 12.4 Å². The van der Waals surface area contributed by atoms with E-state index < -0.39 is 10.0 Å². The van der Waals surface area contributed by atoms with Crippen LogP contribution in [0.15, 0.2) is 24.3 Å². The Morgan fingerprint density at radius 2 is 2.00 bits per heavy atom. The van der Waals surface area contributed by atoms with Crippen LogP contribution in [0.1, 0.15) is 24.0 Å². The number of benzene rings is 1. The monoisotopic (exact) mass is 255 g/mol. The fraction of sp³-hybridized carbons (Fsp3) is 0.500. The summed E-state index contributed by atoms with van der Waals surface area (Å²) in [4.78, 5) is 0. The minimum Gasteiger partial charge on any atom is -0.392 e. The molecule has 4 nitrogen and oxygen atoms in total. The second-order valence-electron chi connectivity index (χ2n) is 4.52. The third kappa shape index (κ3) is 4.11. The highest BCUT2D eigenvalue weighted by atomic mass is 32.2. The van der Waals surface area contributed by atoms with E-state index in [0.29, 0.717) is 12.5 Å². The second kappa shape index (κ2) is 5.16. The second-order valence-corrected chi connectivity index (χ2v) is 6.38. The van der Waals surface area contributed by atoms with Gasteiger partial charge in [0, 0.05) is 6.54 Å². The molecule has 0 aliphatic heterocycles. The number of aliphatic hydroxyl groups excluding tert-OH is 1. The number of sulfonamides is 1. The molecule has 17 heavy (non-hydrogen) atoms. The van der Waals surface area contributed by atoms with E-state index in [4.69, 9.17) is 5.11 Å². The summed E-state index contributed by atoms with van der Waals surface area (Å²) in [7, 11) is -3.15. The first kappa shape index (κ1) is 12.5. The van der Waals surface area contributed by atoms with Gasteiger partial charge in [0.25, 0.3) is 0 Å². The molecule has 0 radical (unpaired) electrons. The van der Waals surface area contributed by atoms with Crippen LogP contribution in [-0.4, -0.2) is 19.3 Å². The van der Waals surface area contributed by atoms with E-state index in [2.05, 4.69) is 4.72 Å². The third-order valence-electron chi connectivity index (χ3n) is 2.82. The molecule has 5 heteroatoms. The summed E-state index contributed by atoms with van der Waals surface area (Å²) in [6.45, 7) is 0.269. The SMILES string of the molecule is O=S(=O)(CC1CC1)NCc1cccc(CO)c1. The summed E-state index contributed by atoms with van der Waals surface area (Å²) in [5.41, 5.74) is 1.67. The maximum Gasteiger partial charge on any atom is 0.212 e. The molecule has 2 N–H and O–H groups in total. The predicted octanol–water partition coefficient (Wildman–Crippen LogP) is 1.01. The van der Waals surface area contributed by atoms with Crippen LogP contribution < -0.4 is 4.72 Å². The fourth-order valence-electron chi connectivity index (χ4n) is 1.69.